The maximum atomic E-state index is 13.0. The number of hydrogen-bond donors (Lipinski definition) is 0. The van der Waals surface area contributed by atoms with Crippen molar-refractivity contribution in [1.82, 2.24) is 0 Å². The number of methoxy groups -OCH3 is 1. The number of ether oxygens (including phenoxy) is 2. The standard InChI is InChI=1S/C27H26N2O3/c1-31-27-15-20(9-12-26(27)32-18-19-7-3-2-4-8-19)24-17-25(30)22-16-21(10-11-23(22)28-24)29-13-5-6-14-29/h2-4,7-12,15-16H,5-6,13-14,17-18H2,1H3. The van der Waals surface area contributed by atoms with Gasteiger partial charge in [-0.3, -0.25) is 9.79 Å². The lowest BCUT2D eigenvalue weighted by Crippen LogP contribution is -2.19. The molecule has 0 N–H and O–H groups in total. The summed E-state index contributed by atoms with van der Waals surface area (Å²) in [5.41, 5.74) is 5.29. The van der Waals surface area contributed by atoms with Crippen LogP contribution in [-0.2, 0) is 6.61 Å². The lowest BCUT2D eigenvalue weighted by Gasteiger charge is -2.21. The van der Waals surface area contributed by atoms with Gasteiger partial charge in [0.05, 0.1) is 24.9 Å². The van der Waals surface area contributed by atoms with Crippen molar-refractivity contribution in [2.45, 2.75) is 25.9 Å². The molecule has 0 amide bonds. The Balaban J connectivity index is 1.39. The van der Waals surface area contributed by atoms with Gasteiger partial charge in [-0.1, -0.05) is 30.3 Å². The molecule has 0 atom stereocenters. The van der Waals surface area contributed by atoms with Crippen LogP contribution in [0.2, 0.25) is 0 Å². The molecule has 3 aromatic rings. The van der Waals surface area contributed by atoms with Crippen LogP contribution in [0.25, 0.3) is 0 Å². The summed E-state index contributed by atoms with van der Waals surface area (Å²) in [6.07, 6.45) is 2.70. The molecule has 5 nitrogen and oxygen atoms in total. The van der Waals surface area contributed by atoms with E-state index < -0.39 is 0 Å². The Labute approximate surface area is 188 Å². The van der Waals surface area contributed by atoms with Crippen LogP contribution in [0.15, 0.2) is 71.7 Å². The molecule has 162 valence electrons. The van der Waals surface area contributed by atoms with E-state index in [0.29, 0.717) is 23.7 Å². The molecule has 2 aliphatic heterocycles. The van der Waals surface area contributed by atoms with E-state index in [1.165, 1.54) is 12.8 Å². The Morgan fingerprint density at radius 2 is 1.75 bits per heavy atom. The number of hydrogen-bond acceptors (Lipinski definition) is 5. The summed E-state index contributed by atoms with van der Waals surface area (Å²) in [5, 5.41) is 0. The summed E-state index contributed by atoms with van der Waals surface area (Å²) in [4.78, 5) is 20.1. The molecule has 0 spiro atoms. The minimum Gasteiger partial charge on any atom is -0.493 e. The smallest absolute Gasteiger partial charge is 0.171 e. The minimum absolute atomic E-state index is 0.106. The van der Waals surface area contributed by atoms with Crippen LogP contribution in [0.5, 0.6) is 11.5 Å². The summed E-state index contributed by atoms with van der Waals surface area (Å²) in [5.74, 6) is 1.40. The first-order valence-electron chi connectivity index (χ1n) is 11.1. The van der Waals surface area contributed by atoms with Gasteiger partial charge >= 0.3 is 0 Å². The lowest BCUT2D eigenvalue weighted by atomic mass is 9.95. The van der Waals surface area contributed by atoms with Gasteiger partial charge < -0.3 is 14.4 Å². The molecule has 2 heterocycles. The summed E-state index contributed by atoms with van der Waals surface area (Å²) >= 11 is 0. The second kappa shape index (κ2) is 8.87. The molecule has 1 fully saturated rings. The van der Waals surface area contributed by atoms with Crippen LogP contribution in [0.4, 0.5) is 11.4 Å². The van der Waals surface area contributed by atoms with E-state index in [-0.39, 0.29) is 12.2 Å². The lowest BCUT2D eigenvalue weighted by molar-refractivity contribution is 0.1000. The van der Waals surface area contributed by atoms with Crippen LogP contribution in [0.3, 0.4) is 0 Å². The van der Waals surface area contributed by atoms with Crippen LogP contribution < -0.4 is 14.4 Å². The van der Waals surface area contributed by atoms with Gasteiger partial charge in [-0.2, -0.15) is 0 Å². The Morgan fingerprint density at radius 3 is 2.53 bits per heavy atom. The van der Waals surface area contributed by atoms with Crippen molar-refractivity contribution in [3.63, 3.8) is 0 Å². The first-order valence-corrected chi connectivity index (χ1v) is 11.1. The quantitative estimate of drug-likeness (QED) is 0.516. The van der Waals surface area contributed by atoms with Crippen LogP contribution in [0, 0.1) is 0 Å². The average molecular weight is 427 g/mol. The van der Waals surface area contributed by atoms with E-state index in [1.54, 1.807) is 7.11 Å². The van der Waals surface area contributed by atoms with E-state index in [9.17, 15) is 4.79 Å². The van der Waals surface area contributed by atoms with Gasteiger partial charge in [0.25, 0.3) is 0 Å². The zero-order valence-corrected chi connectivity index (χ0v) is 18.2. The predicted molar refractivity (Wildman–Crippen MR) is 127 cm³/mol. The minimum atomic E-state index is 0.106. The maximum absolute atomic E-state index is 13.0. The van der Waals surface area contributed by atoms with Gasteiger partial charge in [0, 0.05) is 29.9 Å². The third kappa shape index (κ3) is 4.11. The highest BCUT2D eigenvalue weighted by Gasteiger charge is 2.24. The Bertz CT molecular complexity index is 1160. The third-order valence-electron chi connectivity index (χ3n) is 6.07. The van der Waals surface area contributed by atoms with Gasteiger partial charge in [0.1, 0.15) is 6.61 Å². The predicted octanol–water partition coefficient (Wildman–Crippen LogP) is 5.58. The molecule has 0 saturated carbocycles. The Hall–Kier alpha value is -3.60. The highest BCUT2D eigenvalue weighted by molar-refractivity contribution is 6.21. The monoisotopic (exact) mass is 426 g/mol. The average Bonchev–Trinajstić information content (AvgIpc) is 3.38. The number of nitrogens with zero attached hydrogens (tertiary/aromatic N) is 2. The molecule has 2 aliphatic rings. The third-order valence-corrected chi connectivity index (χ3v) is 6.07. The molecule has 0 bridgehead atoms. The van der Waals surface area contributed by atoms with E-state index in [2.05, 4.69) is 11.0 Å². The number of anilines is 1. The molecule has 0 unspecified atom stereocenters. The summed E-state index contributed by atoms with van der Waals surface area (Å²) in [6, 6.07) is 21.8. The van der Waals surface area contributed by atoms with Crippen LogP contribution in [0.1, 0.15) is 40.7 Å². The zero-order valence-electron chi connectivity index (χ0n) is 18.2. The Morgan fingerprint density at radius 1 is 0.938 bits per heavy atom. The van der Waals surface area contributed by atoms with E-state index >= 15 is 0 Å². The van der Waals surface area contributed by atoms with Gasteiger partial charge in [0.2, 0.25) is 0 Å². The van der Waals surface area contributed by atoms with Crippen molar-refractivity contribution in [3.8, 4) is 11.5 Å². The molecule has 32 heavy (non-hydrogen) atoms. The number of carbonyl (C=O) groups is 1. The van der Waals surface area contributed by atoms with E-state index in [0.717, 1.165) is 41.3 Å². The summed E-state index contributed by atoms with van der Waals surface area (Å²) in [6.45, 7) is 2.57. The fourth-order valence-corrected chi connectivity index (χ4v) is 4.32. The maximum Gasteiger partial charge on any atom is 0.171 e. The molecule has 0 radical (unpaired) electrons. The highest BCUT2D eigenvalue weighted by Crippen LogP contribution is 2.35. The van der Waals surface area contributed by atoms with Crippen molar-refractivity contribution in [1.29, 1.82) is 0 Å². The largest absolute Gasteiger partial charge is 0.493 e. The molecule has 5 heteroatoms. The summed E-state index contributed by atoms with van der Waals surface area (Å²) in [7, 11) is 1.62. The normalized spacial score (nSPS) is 15.3. The second-order valence-corrected chi connectivity index (χ2v) is 8.19. The zero-order chi connectivity index (χ0) is 21.9. The highest BCUT2D eigenvalue weighted by atomic mass is 16.5. The topological polar surface area (TPSA) is 51.1 Å². The van der Waals surface area contributed by atoms with Crippen molar-refractivity contribution in [3.05, 3.63) is 83.4 Å². The number of benzene rings is 3. The van der Waals surface area contributed by atoms with Crippen LogP contribution >= 0.6 is 0 Å². The molecule has 5 rings (SSSR count). The second-order valence-electron chi connectivity index (χ2n) is 8.19. The van der Waals surface area contributed by atoms with Gasteiger partial charge in [-0.15, -0.1) is 0 Å². The Kier molecular flexibility index (Phi) is 5.63. The molecular formula is C27H26N2O3. The molecule has 0 aromatic heterocycles. The molecule has 0 aliphatic carbocycles. The SMILES string of the molecule is COc1cc(C2=Nc3ccc(N4CCCC4)cc3C(=O)C2)ccc1OCc1ccccc1. The number of aliphatic imine (C=N–C) groups is 1. The van der Waals surface area contributed by atoms with Gasteiger partial charge in [0.15, 0.2) is 17.3 Å². The number of ketones is 1. The number of rotatable bonds is 6. The van der Waals surface area contributed by atoms with Gasteiger partial charge in [-0.05, 0) is 54.8 Å². The first-order chi connectivity index (χ1) is 15.7. The van der Waals surface area contributed by atoms with Crippen molar-refractivity contribution in [2.75, 3.05) is 25.1 Å². The molecule has 3 aromatic carbocycles. The number of Topliss-reactive ketones (excluding diaryl/α,β-unsaturated/α-hetero) is 1. The van der Waals surface area contributed by atoms with Crippen molar-refractivity contribution in [2.24, 2.45) is 4.99 Å². The molecular weight excluding hydrogens is 400 g/mol. The van der Waals surface area contributed by atoms with Crippen molar-refractivity contribution >= 4 is 22.9 Å². The summed E-state index contributed by atoms with van der Waals surface area (Å²) < 4.78 is 11.5. The van der Waals surface area contributed by atoms with E-state index in [4.69, 9.17) is 14.5 Å². The van der Waals surface area contributed by atoms with Gasteiger partial charge in [-0.25, -0.2) is 0 Å². The molecule has 1 saturated heterocycles. The van der Waals surface area contributed by atoms with E-state index in [1.807, 2.05) is 60.7 Å². The first kappa shape index (κ1) is 20.3. The fourth-order valence-electron chi connectivity index (χ4n) is 4.32. The number of fused-ring (bicyclic) bond motifs is 1. The van der Waals surface area contributed by atoms with Crippen molar-refractivity contribution < 1.29 is 14.3 Å². The fraction of sp³-hybridized carbons (Fsp3) is 0.259. The van der Waals surface area contributed by atoms with Crippen LogP contribution in [-0.4, -0.2) is 31.7 Å². The number of carbonyl (C=O) groups excluding carboxylic acids is 1.